The highest BCUT2D eigenvalue weighted by Gasteiger charge is 2.40. The van der Waals surface area contributed by atoms with Crippen LogP contribution in [0.15, 0.2) is 74.3 Å². The van der Waals surface area contributed by atoms with Gasteiger partial charge in [0.15, 0.2) is 0 Å². The summed E-state index contributed by atoms with van der Waals surface area (Å²) in [5, 5.41) is 11.4. The highest BCUT2D eigenvalue weighted by molar-refractivity contribution is 7.89. The van der Waals surface area contributed by atoms with E-state index in [4.69, 9.17) is 4.42 Å². The van der Waals surface area contributed by atoms with E-state index in [1.165, 1.54) is 33.7 Å². The Morgan fingerprint density at radius 1 is 1.29 bits per heavy atom. The van der Waals surface area contributed by atoms with Crippen molar-refractivity contribution in [2.24, 2.45) is 11.8 Å². The Hall–Kier alpha value is -3.35. The van der Waals surface area contributed by atoms with Gasteiger partial charge in [0.05, 0.1) is 17.5 Å². The van der Waals surface area contributed by atoms with Gasteiger partial charge in [-0.25, -0.2) is 12.8 Å². The first kappa shape index (κ1) is 23.4. The molecule has 0 fully saturated rings. The van der Waals surface area contributed by atoms with E-state index in [0.29, 0.717) is 11.5 Å². The molecule has 1 aliphatic heterocycles. The Kier molecular flexibility index (Phi) is 5.82. The fourth-order valence-electron chi connectivity index (χ4n) is 5.48. The van der Waals surface area contributed by atoms with E-state index in [9.17, 15) is 18.1 Å². The van der Waals surface area contributed by atoms with Crippen molar-refractivity contribution in [2.75, 3.05) is 18.1 Å². The number of sulfonamides is 1. The second-order valence-electron chi connectivity index (χ2n) is 9.24. The summed E-state index contributed by atoms with van der Waals surface area (Å²) in [6.45, 7) is 5.50. The zero-order valence-corrected chi connectivity index (χ0v) is 20.7. The van der Waals surface area contributed by atoms with Crippen LogP contribution in [0, 0.1) is 42.8 Å². The third kappa shape index (κ3) is 3.97. The zero-order valence-electron chi connectivity index (χ0n) is 19.9. The average molecular weight is 495 g/mol. The maximum atomic E-state index is 13.4. The predicted molar refractivity (Wildman–Crippen MR) is 130 cm³/mol. The number of anilines is 1. The van der Waals surface area contributed by atoms with Gasteiger partial charge in [0.1, 0.15) is 28.8 Å². The molecule has 9 heteroatoms. The lowest BCUT2D eigenvalue weighted by molar-refractivity contribution is 0.379. The fourth-order valence-corrected chi connectivity index (χ4v) is 7.08. The van der Waals surface area contributed by atoms with Gasteiger partial charge in [-0.15, -0.1) is 0 Å². The predicted octanol–water partition coefficient (Wildman–Crippen LogP) is 4.70. The molecule has 182 valence electrons. The van der Waals surface area contributed by atoms with Crippen LogP contribution >= 0.6 is 0 Å². The van der Waals surface area contributed by atoms with Gasteiger partial charge in [0, 0.05) is 24.2 Å². The van der Waals surface area contributed by atoms with Gasteiger partial charge in [0.2, 0.25) is 10.0 Å². The van der Waals surface area contributed by atoms with E-state index in [1.54, 1.807) is 26.0 Å². The van der Waals surface area contributed by atoms with Gasteiger partial charge in [-0.3, -0.25) is 5.01 Å². The Balaban J connectivity index is 1.45. The molecule has 0 amide bonds. The molecule has 0 radical (unpaired) electrons. The number of hydrogen-bond acceptors (Lipinski definition) is 6. The van der Waals surface area contributed by atoms with Crippen molar-refractivity contribution in [2.45, 2.75) is 38.5 Å². The summed E-state index contributed by atoms with van der Waals surface area (Å²) >= 11 is 0. The largest absolute Gasteiger partial charge is 0.465 e. The number of allylic oxidation sites excluding steroid dienone is 3. The molecule has 0 unspecified atom stereocenters. The molecule has 2 heterocycles. The first-order valence-electron chi connectivity index (χ1n) is 11.6. The van der Waals surface area contributed by atoms with Gasteiger partial charge in [0.25, 0.3) is 0 Å². The Morgan fingerprint density at radius 2 is 2.03 bits per heavy atom. The number of nitrogens with zero attached hydrogens (tertiary/aromatic N) is 3. The summed E-state index contributed by atoms with van der Waals surface area (Å²) in [7, 11) is -3.87. The molecule has 7 nitrogen and oxygen atoms in total. The van der Waals surface area contributed by atoms with Crippen molar-refractivity contribution < 1.29 is 17.2 Å². The highest BCUT2D eigenvalue weighted by atomic mass is 32.2. The first-order chi connectivity index (χ1) is 16.7. The lowest BCUT2D eigenvalue weighted by atomic mass is 9.80. The number of hydrogen-bond donors (Lipinski definition) is 1. The molecule has 2 aliphatic carbocycles. The number of benzene rings is 1. The third-order valence-corrected chi connectivity index (χ3v) is 8.99. The Bertz CT molecular complexity index is 1410. The number of aryl methyl sites for hydroxylation is 2. The number of nitrogens with one attached hydrogen (secondary N) is 1. The highest BCUT2D eigenvalue weighted by Crippen LogP contribution is 2.48. The first-order valence-corrected chi connectivity index (χ1v) is 13.1. The van der Waals surface area contributed by atoms with Gasteiger partial charge >= 0.3 is 0 Å². The Labute approximate surface area is 204 Å². The standard InChI is InChI=1S/C26H27FN4O3S/c1-16-12-25(18(3)34-16)35(32,33)30(11-10-28)15-20-5-4-19-13-24-23(17(2)26(19)20)14-29-31(24)22-8-6-21(27)7-9-22/h6-9,12-14,17,20,29H,4-5,11,15H2,1-3H3/t17-,20+/m0/s1. The van der Waals surface area contributed by atoms with Gasteiger partial charge in [-0.2, -0.15) is 9.57 Å². The van der Waals surface area contributed by atoms with Crippen LogP contribution in [0.2, 0.25) is 0 Å². The van der Waals surface area contributed by atoms with Gasteiger partial charge in [-0.1, -0.05) is 12.5 Å². The molecule has 3 aliphatic rings. The van der Waals surface area contributed by atoms with Gasteiger partial charge < -0.3 is 9.84 Å². The minimum Gasteiger partial charge on any atom is -0.465 e. The third-order valence-electron chi connectivity index (χ3n) is 7.07. The monoisotopic (exact) mass is 494 g/mol. The van der Waals surface area contributed by atoms with Crippen molar-refractivity contribution in [3.63, 3.8) is 0 Å². The Morgan fingerprint density at radius 3 is 2.69 bits per heavy atom. The molecule has 2 atom stereocenters. The number of halogens is 1. The summed E-state index contributed by atoms with van der Waals surface area (Å²) in [4.78, 5) is 0.119. The quantitative estimate of drug-likeness (QED) is 0.586. The van der Waals surface area contributed by atoms with Crippen molar-refractivity contribution in [3.8, 4) is 6.07 Å². The second kappa shape index (κ2) is 8.70. The molecule has 1 aromatic heterocycles. The number of furan rings is 1. The van der Waals surface area contributed by atoms with E-state index < -0.39 is 10.0 Å². The van der Waals surface area contributed by atoms with Crippen molar-refractivity contribution >= 4 is 15.7 Å². The summed E-state index contributed by atoms with van der Waals surface area (Å²) in [5.74, 6) is 0.663. The van der Waals surface area contributed by atoms with Crippen molar-refractivity contribution in [3.05, 3.63) is 82.4 Å². The summed E-state index contributed by atoms with van der Waals surface area (Å²) in [6.07, 6.45) is 5.76. The average Bonchev–Trinajstić information content (AvgIpc) is 3.51. The molecule has 1 aromatic carbocycles. The van der Waals surface area contributed by atoms with Crippen LogP contribution < -0.4 is 10.4 Å². The zero-order chi connectivity index (χ0) is 24.9. The fraction of sp³-hybridized carbons (Fsp3) is 0.346. The van der Waals surface area contributed by atoms with Crippen LogP contribution in [-0.4, -0.2) is 25.8 Å². The van der Waals surface area contributed by atoms with Crippen LogP contribution in [0.3, 0.4) is 0 Å². The van der Waals surface area contributed by atoms with Crippen molar-refractivity contribution in [1.29, 1.82) is 5.26 Å². The molecular weight excluding hydrogens is 467 g/mol. The minimum absolute atomic E-state index is 0.00926. The van der Waals surface area contributed by atoms with Crippen LogP contribution in [0.4, 0.5) is 10.1 Å². The summed E-state index contributed by atoms with van der Waals surface area (Å²) in [6, 6.07) is 9.88. The van der Waals surface area contributed by atoms with E-state index in [1.807, 2.05) is 17.3 Å². The topological polar surface area (TPSA) is 89.6 Å². The molecule has 1 N–H and O–H groups in total. The van der Waals surface area contributed by atoms with E-state index in [-0.39, 0.29) is 35.6 Å². The van der Waals surface area contributed by atoms with Crippen LogP contribution in [0.5, 0.6) is 0 Å². The lowest BCUT2D eigenvalue weighted by Crippen LogP contribution is -2.37. The maximum absolute atomic E-state index is 13.4. The molecule has 0 saturated carbocycles. The molecule has 35 heavy (non-hydrogen) atoms. The number of fused-ring (bicyclic) bond motifs is 1. The smallest absolute Gasteiger partial charge is 0.247 e. The molecule has 0 bridgehead atoms. The van der Waals surface area contributed by atoms with Crippen LogP contribution in [0.25, 0.3) is 0 Å². The molecular formula is C26H27FN4O3S. The van der Waals surface area contributed by atoms with Crippen LogP contribution in [0.1, 0.15) is 31.3 Å². The molecule has 0 spiro atoms. The summed E-state index contributed by atoms with van der Waals surface area (Å²) in [5.41, 5.74) is 8.68. The molecule has 0 saturated heterocycles. The second-order valence-corrected chi connectivity index (χ2v) is 11.1. The van der Waals surface area contributed by atoms with E-state index >= 15 is 0 Å². The van der Waals surface area contributed by atoms with Gasteiger partial charge in [-0.05, 0) is 74.6 Å². The maximum Gasteiger partial charge on any atom is 0.247 e. The normalized spacial score (nSPS) is 21.4. The SMILES string of the molecule is Cc1cc(S(=O)(=O)N(CC#N)C[C@H]2CCC3=C2[C@@H](C)C2=CNN(c4ccc(F)cc4)C2=C3)c(C)o1. The van der Waals surface area contributed by atoms with Crippen molar-refractivity contribution in [1.82, 2.24) is 9.73 Å². The minimum atomic E-state index is -3.87. The summed E-state index contributed by atoms with van der Waals surface area (Å²) < 4.78 is 47.0. The molecule has 5 rings (SSSR count). The molecule has 2 aromatic rings. The van der Waals surface area contributed by atoms with E-state index in [0.717, 1.165) is 29.8 Å². The van der Waals surface area contributed by atoms with Crippen LogP contribution in [-0.2, 0) is 10.0 Å². The number of hydrazine groups is 1. The number of rotatable bonds is 6. The number of nitriles is 1. The lowest BCUT2D eigenvalue weighted by Gasteiger charge is -2.31. The van der Waals surface area contributed by atoms with E-state index in [2.05, 4.69) is 18.4 Å².